The van der Waals surface area contributed by atoms with E-state index in [9.17, 15) is 9.59 Å². The molecule has 0 saturated carbocycles. The zero-order chi connectivity index (χ0) is 13.1. The second kappa shape index (κ2) is 5.30. The number of rotatable bonds is 3. The summed E-state index contributed by atoms with van der Waals surface area (Å²) in [5, 5.41) is 2.99. The van der Waals surface area contributed by atoms with Crippen molar-refractivity contribution in [2.75, 3.05) is 13.6 Å². The molecule has 0 spiro atoms. The Kier molecular flexibility index (Phi) is 3.76. The maximum absolute atomic E-state index is 11.8. The fraction of sp³-hybridized carbons (Fsp3) is 0.455. The van der Waals surface area contributed by atoms with Crippen LogP contribution < -0.4 is 5.32 Å². The van der Waals surface area contributed by atoms with Gasteiger partial charge in [0, 0.05) is 32.4 Å². The summed E-state index contributed by atoms with van der Waals surface area (Å²) in [4.78, 5) is 32.6. The van der Waals surface area contributed by atoms with Gasteiger partial charge in [-0.15, -0.1) is 0 Å². The van der Waals surface area contributed by atoms with E-state index < -0.39 is 0 Å². The van der Waals surface area contributed by atoms with E-state index in [0.29, 0.717) is 12.2 Å². The second-order valence-corrected chi connectivity index (χ2v) is 4.54. The lowest BCUT2D eigenvalue weighted by molar-refractivity contribution is -0.128. The summed E-state index contributed by atoms with van der Waals surface area (Å²) in [5.74, 6) is -0.458. The van der Waals surface area contributed by atoms with Crippen LogP contribution in [0.5, 0.6) is 0 Å². The molecule has 1 atom stereocenters. The van der Waals surface area contributed by atoms with Gasteiger partial charge in [-0.2, -0.15) is 0 Å². The molecule has 1 unspecified atom stereocenters. The van der Waals surface area contributed by atoms with Gasteiger partial charge in [-0.3, -0.25) is 14.6 Å². The average Bonchev–Trinajstić information content (AvgIpc) is 2.68. The first-order valence-corrected chi connectivity index (χ1v) is 5.93. The first-order valence-electron chi connectivity index (χ1n) is 5.55. The third kappa shape index (κ3) is 2.76. The van der Waals surface area contributed by atoms with Gasteiger partial charge in [-0.25, -0.2) is 4.98 Å². The Labute approximate surface area is 109 Å². The molecule has 1 saturated heterocycles. The van der Waals surface area contributed by atoms with Crippen LogP contribution in [0.25, 0.3) is 0 Å². The molecule has 2 rings (SSSR count). The molecule has 6 nitrogen and oxygen atoms in total. The van der Waals surface area contributed by atoms with Crippen molar-refractivity contribution in [3.05, 3.63) is 23.2 Å². The maximum Gasteiger partial charge on any atom is 0.225 e. The average molecular weight is 269 g/mol. The van der Waals surface area contributed by atoms with Gasteiger partial charge in [0.05, 0.1) is 18.2 Å². The Balaban J connectivity index is 1.90. The quantitative estimate of drug-likeness (QED) is 0.851. The van der Waals surface area contributed by atoms with E-state index in [2.05, 4.69) is 15.3 Å². The van der Waals surface area contributed by atoms with E-state index in [4.69, 9.17) is 11.6 Å². The maximum atomic E-state index is 11.8. The Morgan fingerprint density at radius 2 is 2.28 bits per heavy atom. The van der Waals surface area contributed by atoms with Crippen LogP contribution in [0.2, 0.25) is 5.15 Å². The minimum Gasteiger partial charge on any atom is -0.350 e. The van der Waals surface area contributed by atoms with E-state index in [1.165, 1.54) is 12.4 Å². The molecule has 1 N–H and O–H groups in total. The first-order chi connectivity index (χ1) is 8.58. The molecule has 1 aromatic rings. The Bertz CT molecular complexity index is 480. The summed E-state index contributed by atoms with van der Waals surface area (Å²) in [6.45, 7) is 0.679. The van der Waals surface area contributed by atoms with Crippen LogP contribution in [0.15, 0.2) is 12.4 Å². The highest BCUT2D eigenvalue weighted by molar-refractivity contribution is 6.29. The molecule has 2 amide bonds. The van der Waals surface area contributed by atoms with Crippen molar-refractivity contribution in [1.29, 1.82) is 0 Å². The van der Waals surface area contributed by atoms with E-state index >= 15 is 0 Å². The Morgan fingerprint density at radius 3 is 2.89 bits per heavy atom. The van der Waals surface area contributed by atoms with Crippen molar-refractivity contribution in [2.24, 2.45) is 5.92 Å². The molecule has 0 bridgehead atoms. The van der Waals surface area contributed by atoms with Gasteiger partial charge in [0.1, 0.15) is 0 Å². The second-order valence-electron chi connectivity index (χ2n) is 4.19. The van der Waals surface area contributed by atoms with E-state index in [-0.39, 0.29) is 35.9 Å². The molecule has 18 heavy (non-hydrogen) atoms. The Morgan fingerprint density at radius 1 is 1.56 bits per heavy atom. The number of amides is 2. The van der Waals surface area contributed by atoms with Crippen LogP contribution in [-0.2, 0) is 16.1 Å². The summed E-state index contributed by atoms with van der Waals surface area (Å²) in [7, 11) is 1.69. The standard InChI is InChI=1S/C11H13ClN4O2/c1-16-6-7(4-9(16)17)11(18)15-5-8-10(12)14-3-2-13-8/h2-3,7H,4-6H2,1H3,(H,15,18). The van der Waals surface area contributed by atoms with Crippen molar-refractivity contribution < 1.29 is 9.59 Å². The number of aromatic nitrogens is 2. The summed E-state index contributed by atoms with van der Waals surface area (Å²) >= 11 is 5.83. The van der Waals surface area contributed by atoms with Gasteiger partial charge < -0.3 is 10.2 Å². The molecule has 0 radical (unpaired) electrons. The number of hydrogen-bond donors (Lipinski definition) is 1. The highest BCUT2D eigenvalue weighted by Gasteiger charge is 2.31. The number of nitrogens with one attached hydrogen (secondary N) is 1. The summed E-state index contributed by atoms with van der Waals surface area (Å²) < 4.78 is 0. The predicted octanol–water partition coefficient (Wildman–Crippen LogP) is 0.224. The molecular formula is C11H13ClN4O2. The van der Waals surface area contributed by atoms with Crippen LogP contribution in [0, 0.1) is 5.92 Å². The minimum absolute atomic E-state index is 0.00677. The van der Waals surface area contributed by atoms with Crippen molar-refractivity contribution in [1.82, 2.24) is 20.2 Å². The first kappa shape index (κ1) is 12.8. The van der Waals surface area contributed by atoms with Crippen molar-refractivity contribution in [3.63, 3.8) is 0 Å². The van der Waals surface area contributed by atoms with Crippen LogP contribution in [-0.4, -0.2) is 40.3 Å². The molecule has 1 fully saturated rings. The largest absolute Gasteiger partial charge is 0.350 e. The van der Waals surface area contributed by atoms with Crippen molar-refractivity contribution in [2.45, 2.75) is 13.0 Å². The van der Waals surface area contributed by atoms with Gasteiger partial charge >= 0.3 is 0 Å². The van der Waals surface area contributed by atoms with Crippen LogP contribution in [0.3, 0.4) is 0 Å². The van der Waals surface area contributed by atoms with Gasteiger partial charge in [0.25, 0.3) is 0 Å². The molecule has 1 aromatic heterocycles. The summed E-state index contributed by atoms with van der Waals surface area (Å²) in [6.07, 6.45) is 3.26. The number of nitrogens with zero attached hydrogens (tertiary/aromatic N) is 3. The number of hydrogen-bond acceptors (Lipinski definition) is 4. The van der Waals surface area contributed by atoms with Gasteiger partial charge in [0.2, 0.25) is 11.8 Å². The monoisotopic (exact) mass is 268 g/mol. The number of carbonyl (C=O) groups is 2. The molecule has 96 valence electrons. The molecule has 7 heteroatoms. The lowest BCUT2D eigenvalue weighted by Gasteiger charge is -2.10. The van der Waals surface area contributed by atoms with E-state index in [0.717, 1.165) is 0 Å². The number of halogens is 1. The number of carbonyl (C=O) groups excluding carboxylic acids is 2. The fourth-order valence-corrected chi connectivity index (χ4v) is 1.99. The van der Waals surface area contributed by atoms with Gasteiger partial charge in [-0.1, -0.05) is 11.6 Å². The van der Waals surface area contributed by atoms with E-state index in [1.807, 2.05) is 0 Å². The highest BCUT2D eigenvalue weighted by atomic mass is 35.5. The fourth-order valence-electron chi connectivity index (χ4n) is 1.82. The zero-order valence-corrected chi connectivity index (χ0v) is 10.6. The van der Waals surface area contributed by atoms with Crippen LogP contribution >= 0.6 is 11.6 Å². The van der Waals surface area contributed by atoms with Gasteiger partial charge in [0.15, 0.2) is 5.15 Å². The van der Waals surface area contributed by atoms with Crippen molar-refractivity contribution >= 4 is 23.4 Å². The van der Waals surface area contributed by atoms with Crippen molar-refractivity contribution in [3.8, 4) is 0 Å². The molecule has 0 aliphatic carbocycles. The molecule has 1 aliphatic heterocycles. The lowest BCUT2D eigenvalue weighted by Crippen LogP contribution is -2.32. The Hall–Kier alpha value is -1.69. The predicted molar refractivity (Wildman–Crippen MR) is 64.6 cm³/mol. The summed E-state index contributed by atoms with van der Waals surface area (Å²) in [6, 6.07) is 0. The topological polar surface area (TPSA) is 75.2 Å². The van der Waals surface area contributed by atoms with Gasteiger partial charge in [-0.05, 0) is 0 Å². The highest BCUT2D eigenvalue weighted by Crippen LogP contribution is 2.16. The third-order valence-electron chi connectivity index (χ3n) is 2.86. The SMILES string of the molecule is CN1CC(C(=O)NCc2nccnc2Cl)CC1=O. The van der Waals surface area contributed by atoms with Crippen LogP contribution in [0.1, 0.15) is 12.1 Å². The smallest absolute Gasteiger partial charge is 0.225 e. The molecule has 2 heterocycles. The molecular weight excluding hydrogens is 256 g/mol. The lowest BCUT2D eigenvalue weighted by atomic mass is 10.1. The van der Waals surface area contributed by atoms with E-state index in [1.54, 1.807) is 11.9 Å². The summed E-state index contributed by atoms with van der Waals surface area (Å²) in [5.41, 5.74) is 0.519. The molecule has 0 aromatic carbocycles. The zero-order valence-electron chi connectivity index (χ0n) is 9.89. The molecule has 1 aliphatic rings. The minimum atomic E-state index is -0.294. The normalized spacial score (nSPS) is 19.1. The third-order valence-corrected chi connectivity index (χ3v) is 3.18. The number of likely N-dealkylation sites (tertiary alicyclic amines) is 1. The van der Waals surface area contributed by atoms with Crippen LogP contribution in [0.4, 0.5) is 0 Å².